The lowest BCUT2D eigenvalue weighted by Crippen LogP contribution is -2.52. The van der Waals surface area contributed by atoms with E-state index in [0.717, 1.165) is 19.4 Å². The molecule has 1 amide bonds. The fourth-order valence-corrected chi connectivity index (χ4v) is 1.99. The van der Waals surface area contributed by atoms with Crippen molar-refractivity contribution in [3.8, 4) is 0 Å². The maximum absolute atomic E-state index is 11.8. The molecule has 0 radical (unpaired) electrons. The van der Waals surface area contributed by atoms with Crippen LogP contribution in [0.15, 0.2) is 0 Å². The summed E-state index contributed by atoms with van der Waals surface area (Å²) in [7, 11) is 0. The van der Waals surface area contributed by atoms with Gasteiger partial charge in [0.15, 0.2) is 0 Å². The molecule has 0 aliphatic carbocycles. The van der Waals surface area contributed by atoms with Crippen LogP contribution in [0.1, 0.15) is 40.0 Å². The van der Waals surface area contributed by atoms with Crippen molar-refractivity contribution in [3.63, 3.8) is 0 Å². The molecular formula is C11H22N2O. The van der Waals surface area contributed by atoms with Gasteiger partial charge >= 0.3 is 0 Å². The molecule has 1 aliphatic heterocycles. The Labute approximate surface area is 86.6 Å². The second-order valence-electron chi connectivity index (χ2n) is 4.73. The molecule has 1 fully saturated rings. The third-order valence-electron chi connectivity index (χ3n) is 2.95. The molecule has 0 spiro atoms. The first-order chi connectivity index (χ1) is 6.52. The highest BCUT2D eigenvalue weighted by Gasteiger charge is 2.28. The number of hydrogen-bond acceptors (Lipinski definition) is 2. The Morgan fingerprint density at radius 1 is 1.57 bits per heavy atom. The Morgan fingerprint density at radius 2 is 2.21 bits per heavy atom. The molecule has 0 unspecified atom stereocenters. The molecule has 0 aromatic carbocycles. The van der Waals surface area contributed by atoms with Crippen LogP contribution in [0.3, 0.4) is 0 Å². The van der Waals surface area contributed by atoms with Gasteiger partial charge in [-0.15, -0.1) is 0 Å². The van der Waals surface area contributed by atoms with E-state index in [0.29, 0.717) is 12.3 Å². The quantitative estimate of drug-likeness (QED) is 0.728. The number of rotatable bonds is 2. The number of carbonyl (C=O) groups is 1. The lowest BCUT2D eigenvalue weighted by Gasteiger charge is -2.38. The van der Waals surface area contributed by atoms with E-state index in [9.17, 15) is 4.79 Å². The van der Waals surface area contributed by atoms with E-state index in [4.69, 9.17) is 5.73 Å². The van der Waals surface area contributed by atoms with Gasteiger partial charge in [-0.1, -0.05) is 13.8 Å². The van der Waals surface area contributed by atoms with E-state index in [-0.39, 0.29) is 18.0 Å². The second kappa shape index (κ2) is 4.78. The average Bonchev–Trinajstić information content (AvgIpc) is 2.08. The van der Waals surface area contributed by atoms with Crippen LogP contribution in [0, 0.1) is 5.92 Å². The summed E-state index contributed by atoms with van der Waals surface area (Å²) < 4.78 is 0. The van der Waals surface area contributed by atoms with Crippen LogP contribution in [0.2, 0.25) is 0 Å². The normalized spacial score (nSPS) is 28.2. The van der Waals surface area contributed by atoms with Crippen LogP contribution < -0.4 is 5.73 Å². The van der Waals surface area contributed by atoms with Gasteiger partial charge in [0.2, 0.25) is 5.91 Å². The Balaban J connectivity index is 2.53. The van der Waals surface area contributed by atoms with Crippen molar-refractivity contribution in [2.45, 2.75) is 52.1 Å². The van der Waals surface area contributed by atoms with Gasteiger partial charge in [-0.3, -0.25) is 4.79 Å². The molecule has 0 saturated carbocycles. The molecular weight excluding hydrogens is 176 g/mol. The average molecular weight is 198 g/mol. The lowest BCUT2D eigenvalue weighted by atomic mass is 9.97. The lowest BCUT2D eigenvalue weighted by molar-refractivity contribution is -0.135. The van der Waals surface area contributed by atoms with Crippen LogP contribution in [0.25, 0.3) is 0 Å². The van der Waals surface area contributed by atoms with Gasteiger partial charge in [-0.05, 0) is 25.7 Å². The van der Waals surface area contributed by atoms with E-state index in [2.05, 4.69) is 20.8 Å². The van der Waals surface area contributed by atoms with Gasteiger partial charge in [0, 0.05) is 25.0 Å². The van der Waals surface area contributed by atoms with Gasteiger partial charge in [0.25, 0.3) is 0 Å². The standard InChI is InChI=1S/C11H22N2O/c1-8(2)7-11(14)13-6-4-5-10(12)9(13)3/h8-10H,4-7,12H2,1-3H3/t9-,10-/m1/s1. The number of nitrogens with two attached hydrogens (primary N) is 1. The summed E-state index contributed by atoms with van der Waals surface area (Å²) in [5, 5.41) is 0. The third-order valence-corrected chi connectivity index (χ3v) is 2.95. The van der Waals surface area contributed by atoms with Crippen LogP contribution >= 0.6 is 0 Å². The highest BCUT2D eigenvalue weighted by atomic mass is 16.2. The molecule has 2 N–H and O–H groups in total. The van der Waals surface area contributed by atoms with Gasteiger partial charge < -0.3 is 10.6 Å². The molecule has 1 rings (SSSR count). The first kappa shape index (κ1) is 11.5. The predicted octanol–water partition coefficient (Wildman–Crippen LogP) is 1.37. The smallest absolute Gasteiger partial charge is 0.223 e. The summed E-state index contributed by atoms with van der Waals surface area (Å²) in [6.45, 7) is 7.10. The van der Waals surface area contributed by atoms with E-state index >= 15 is 0 Å². The maximum atomic E-state index is 11.8. The van der Waals surface area contributed by atoms with E-state index in [1.54, 1.807) is 0 Å². The summed E-state index contributed by atoms with van der Waals surface area (Å²) >= 11 is 0. The zero-order valence-electron chi connectivity index (χ0n) is 9.49. The molecule has 1 heterocycles. The highest BCUT2D eigenvalue weighted by molar-refractivity contribution is 5.76. The van der Waals surface area contributed by atoms with Gasteiger partial charge in [-0.25, -0.2) is 0 Å². The number of nitrogens with zero attached hydrogens (tertiary/aromatic N) is 1. The minimum Gasteiger partial charge on any atom is -0.338 e. The number of hydrogen-bond donors (Lipinski definition) is 1. The fourth-order valence-electron chi connectivity index (χ4n) is 1.99. The van der Waals surface area contributed by atoms with Crippen molar-refractivity contribution in [2.75, 3.05) is 6.54 Å². The number of carbonyl (C=O) groups excluding carboxylic acids is 1. The monoisotopic (exact) mass is 198 g/mol. The molecule has 0 aromatic heterocycles. The van der Waals surface area contributed by atoms with Crippen molar-refractivity contribution in [3.05, 3.63) is 0 Å². The molecule has 0 bridgehead atoms. The molecule has 14 heavy (non-hydrogen) atoms. The Hall–Kier alpha value is -0.570. The summed E-state index contributed by atoms with van der Waals surface area (Å²) in [4.78, 5) is 13.8. The van der Waals surface area contributed by atoms with E-state index in [1.807, 2.05) is 4.90 Å². The van der Waals surface area contributed by atoms with Gasteiger partial charge in [-0.2, -0.15) is 0 Å². The number of likely N-dealkylation sites (tertiary alicyclic amines) is 1. The topological polar surface area (TPSA) is 46.3 Å². The molecule has 3 heteroatoms. The first-order valence-electron chi connectivity index (χ1n) is 5.57. The first-order valence-corrected chi connectivity index (χ1v) is 5.57. The van der Waals surface area contributed by atoms with Crippen LogP contribution in [0.5, 0.6) is 0 Å². The zero-order valence-corrected chi connectivity index (χ0v) is 9.49. The number of amides is 1. The van der Waals surface area contributed by atoms with Crippen molar-refractivity contribution >= 4 is 5.91 Å². The van der Waals surface area contributed by atoms with E-state index < -0.39 is 0 Å². The van der Waals surface area contributed by atoms with Crippen LogP contribution in [0.4, 0.5) is 0 Å². The molecule has 2 atom stereocenters. The highest BCUT2D eigenvalue weighted by Crippen LogP contribution is 2.17. The van der Waals surface area contributed by atoms with Crippen molar-refractivity contribution < 1.29 is 4.79 Å². The Morgan fingerprint density at radius 3 is 2.79 bits per heavy atom. The fraction of sp³-hybridized carbons (Fsp3) is 0.909. The zero-order chi connectivity index (χ0) is 10.7. The summed E-state index contributed by atoms with van der Waals surface area (Å²) in [6.07, 6.45) is 2.75. The second-order valence-corrected chi connectivity index (χ2v) is 4.73. The number of piperidine rings is 1. The van der Waals surface area contributed by atoms with E-state index in [1.165, 1.54) is 0 Å². The summed E-state index contributed by atoms with van der Waals surface area (Å²) in [5.41, 5.74) is 5.94. The third kappa shape index (κ3) is 2.71. The minimum atomic E-state index is 0.167. The van der Waals surface area contributed by atoms with Crippen LogP contribution in [-0.2, 0) is 4.79 Å². The van der Waals surface area contributed by atoms with Gasteiger partial charge in [0.1, 0.15) is 0 Å². The molecule has 3 nitrogen and oxygen atoms in total. The largest absolute Gasteiger partial charge is 0.338 e. The predicted molar refractivity (Wildman–Crippen MR) is 57.8 cm³/mol. The van der Waals surface area contributed by atoms with Gasteiger partial charge in [0.05, 0.1) is 0 Å². The Bertz CT molecular complexity index is 203. The molecule has 1 aliphatic rings. The summed E-state index contributed by atoms with van der Waals surface area (Å²) in [5.74, 6) is 0.704. The SMILES string of the molecule is CC(C)CC(=O)N1CCC[C@@H](N)[C@H]1C. The molecule has 1 saturated heterocycles. The van der Waals surface area contributed by atoms with Crippen molar-refractivity contribution in [1.29, 1.82) is 0 Å². The maximum Gasteiger partial charge on any atom is 0.223 e. The molecule has 0 aromatic rings. The molecule has 82 valence electrons. The van der Waals surface area contributed by atoms with Crippen LogP contribution in [-0.4, -0.2) is 29.4 Å². The summed E-state index contributed by atoms with van der Waals surface area (Å²) in [6, 6.07) is 0.384. The van der Waals surface area contributed by atoms with Crippen molar-refractivity contribution in [2.24, 2.45) is 11.7 Å². The van der Waals surface area contributed by atoms with Crippen molar-refractivity contribution in [1.82, 2.24) is 4.90 Å². The Kier molecular flexibility index (Phi) is 3.93. The minimum absolute atomic E-state index is 0.167.